The fourth-order valence-electron chi connectivity index (χ4n) is 5.10. The molecule has 176 valence electrons. The zero-order valence-electron chi connectivity index (χ0n) is 19.9. The molecule has 0 N–H and O–H groups in total. The average molecular weight is 449 g/mol. The van der Waals surface area contributed by atoms with Gasteiger partial charge in [0.25, 0.3) is 5.91 Å². The molecule has 2 fully saturated rings. The Bertz CT molecular complexity index is 916. The van der Waals surface area contributed by atoms with Crippen molar-refractivity contribution in [3.8, 4) is 0 Å². The Morgan fingerprint density at radius 1 is 0.970 bits per heavy atom. The second-order valence-corrected chi connectivity index (χ2v) is 9.59. The summed E-state index contributed by atoms with van der Waals surface area (Å²) in [6, 6.07) is 17.2. The lowest BCUT2D eigenvalue weighted by Gasteiger charge is -2.37. The van der Waals surface area contributed by atoms with Gasteiger partial charge in [-0.05, 0) is 49.7 Å². The van der Waals surface area contributed by atoms with Gasteiger partial charge in [0.05, 0.1) is 6.42 Å². The van der Waals surface area contributed by atoms with Crippen molar-refractivity contribution in [2.45, 2.75) is 64.1 Å². The number of carbonyl (C=O) groups is 2. The lowest BCUT2D eigenvalue weighted by Crippen LogP contribution is -2.49. The Kier molecular flexibility index (Phi) is 7.81. The lowest BCUT2D eigenvalue weighted by atomic mass is 9.98. The van der Waals surface area contributed by atoms with Gasteiger partial charge in [0.15, 0.2) is 0 Å². The van der Waals surface area contributed by atoms with E-state index >= 15 is 0 Å². The number of ether oxygens (including phenoxy) is 1. The van der Waals surface area contributed by atoms with Crippen molar-refractivity contribution in [1.82, 2.24) is 9.80 Å². The van der Waals surface area contributed by atoms with Crippen LogP contribution in [0.2, 0.25) is 0 Å². The normalized spacial score (nSPS) is 19.4. The van der Waals surface area contributed by atoms with Crippen LogP contribution in [0.5, 0.6) is 0 Å². The number of carbonyl (C=O) groups excluding carboxylic acids is 2. The van der Waals surface area contributed by atoms with Gasteiger partial charge >= 0.3 is 0 Å². The molecule has 1 saturated heterocycles. The van der Waals surface area contributed by atoms with E-state index in [1.807, 2.05) is 73.5 Å². The molecule has 0 radical (unpaired) electrons. The van der Waals surface area contributed by atoms with Gasteiger partial charge in [-0.25, -0.2) is 0 Å². The third-order valence-electron chi connectivity index (χ3n) is 7.07. The number of likely N-dealkylation sites (N-methyl/N-ethyl adjacent to an activating group) is 1. The van der Waals surface area contributed by atoms with Crippen LogP contribution in [0.1, 0.15) is 61.3 Å². The number of nitrogens with zero attached hydrogens (tertiary/aromatic N) is 2. The molecule has 0 aromatic heterocycles. The molecule has 2 aromatic rings. The average Bonchev–Trinajstić information content (AvgIpc) is 3.54. The van der Waals surface area contributed by atoms with Gasteiger partial charge in [0.1, 0.15) is 12.3 Å². The Morgan fingerprint density at radius 2 is 1.67 bits per heavy atom. The summed E-state index contributed by atoms with van der Waals surface area (Å²) in [5.41, 5.74) is 2.98. The molecule has 2 amide bonds. The highest BCUT2D eigenvalue weighted by Gasteiger charge is 2.37. The van der Waals surface area contributed by atoms with Crippen LogP contribution in [-0.2, 0) is 20.7 Å². The first kappa shape index (κ1) is 23.5. The summed E-state index contributed by atoms with van der Waals surface area (Å²) in [5, 5.41) is 0. The first-order valence-corrected chi connectivity index (χ1v) is 12.3. The van der Waals surface area contributed by atoms with Gasteiger partial charge in [-0.3, -0.25) is 9.59 Å². The van der Waals surface area contributed by atoms with Crippen LogP contribution >= 0.6 is 0 Å². The molecule has 0 spiro atoms. The topological polar surface area (TPSA) is 49.9 Å². The van der Waals surface area contributed by atoms with E-state index in [0.29, 0.717) is 25.5 Å². The Hall–Kier alpha value is -2.66. The van der Waals surface area contributed by atoms with Crippen LogP contribution in [-0.4, -0.2) is 48.0 Å². The van der Waals surface area contributed by atoms with Crippen molar-refractivity contribution in [3.63, 3.8) is 0 Å². The van der Waals surface area contributed by atoms with E-state index in [2.05, 4.69) is 0 Å². The lowest BCUT2D eigenvalue weighted by molar-refractivity contribution is -0.152. The maximum atomic E-state index is 13.9. The van der Waals surface area contributed by atoms with Crippen molar-refractivity contribution in [2.24, 2.45) is 5.92 Å². The van der Waals surface area contributed by atoms with Crippen molar-refractivity contribution in [1.29, 1.82) is 0 Å². The molecule has 1 heterocycles. The van der Waals surface area contributed by atoms with Gasteiger partial charge in [-0.1, -0.05) is 73.0 Å². The van der Waals surface area contributed by atoms with E-state index in [-0.39, 0.29) is 18.0 Å². The number of amides is 2. The molecule has 33 heavy (non-hydrogen) atoms. The summed E-state index contributed by atoms with van der Waals surface area (Å²) in [6.07, 6.45) is 6.50. The largest absolute Gasteiger partial charge is 0.358 e. The number of rotatable bonds is 8. The monoisotopic (exact) mass is 448 g/mol. The Morgan fingerprint density at radius 3 is 2.30 bits per heavy atom. The first-order chi connectivity index (χ1) is 16.0. The van der Waals surface area contributed by atoms with Gasteiger partial charge in [-0.15, -0.1) is 0 Å². The maximum Gasteiger partial charge on any atom is 0.251 e. The fraction of sp³-hybridized carbons (Fsp3) is 0.500. The number of aryl methyl sites for hydroxylation is 1. The molecule has 2 aromatic carbocycles. The van der Waals surface area contributed by atoms with Gasteiger partial charge in [0.2, 0.25) is 5.91 Å². The zero-order valence-corrected chi connectivity index (χ0v) is 19.9. The third kappa shape index (κ3) is 5.83. The predicted octanol–water partition coefficient (Wildman–Crippen LogP) is 4.89. The van der Waals surface area contributed by atoms with Crippen LogP contribution in [0.25, 0.3) is 0 Å². The molecule has 2 unspecified atom stereocenters. The van der Waals surface area contributed by atoms with Crippen molar-refractivity contribution in [2.75, 3.05) is 20.2 Å². The molecule has 5 heteroatoms. The first-order valence-electron chi connectivity index (χ1n) is 12.3. The molecule has 5 nitrogen and oxygen atoms in total. The second kappa shape index (κ2) is 11.0. The summed E-state index contributed by atoms with van der Waals surface area (Å²) >= 11 is 0. The van der Waals surface area contributed by atoms with E-state index < -0.39 is 6.04 Å². The molecule has 1 aliphatic heterocycles. The highest BCUT2D eigenvalue weighted by molar-refractivity contribution is 5.89. The quantitative estimate of drug-likeness (QED) is 0.578. The second-order valence-electron chi connectivity index (χ2n) is 9.59. The van der Waals surface area contributed by atoms with Crippen LogP contribution in [0.3, 0.4) is 0 Å². The van der Waals surface area contributed by atoms with Gasteiger partial charge in [0, 0.05) is 20.2 Å². The van der Waals surface area contributed by atoms with E-state index in [0.717, 1.165) is 42.4 Å². The standard InChI is InChI=1S/C28H36N2O3/c1-21-14-16-24(17-15-21)27(28(32)29(2)26-13-8-18-33-26)30(20-23-11-6-7-12-23)25(31)19-22-9-4-3-5-10-22/h3-5,9-10,14-17,23,26-27H,6-8,11-13,18-20H2,1-2H3. The Labute approximate surface area is 197 Å². The molecule has 1 saturated carbocycles. The van der Waals surface area contributed by atoms with Crippen LogP contribution < -0.4 is 0 Å². The fourth-order valence-corrected chi connectivity index (χ4v) is 5.10. The number of hydrogen-bond acceptors (Lipinski definition) is 3. The maximum absolute atomic E-state index is 13.9. The zero-order chi connectivity index (χ0) is 23.2. The molecule has 0 bridgehead atoms. The summed E-state index contributed by atoms with van der Waals surface area (Å²) < 4.78 is 5.81. The molecule has 2 aliphatic rings. The highest BCUT2D eigenvalue weighted by atomic mass is 16.5. The minimum absolute atomic E-state index is 0.00719. The predicted molar refractivity (Wildman–Crippen MR) is 129 cm³/mol. The highest BCUT2D eigenvalue weighted by Crippen LogP contribution is 2.32. The molecular formula is C28H36N2O3. The smallest absolute Gasteiger partial charge is 0.251 e. The van der Waals surface area contributed by atoms with Crippen LogP contribution in [0, 0.1) is 12.8 Å². The summed E-state index contributed by atoms with van der Waals surface area (Å²) in [5.74, 6) is 0.386. The van der Waals surface area contributed by atoms with E-state index in [1.54, 1.807) is 4.90 Å². The number of hydrogen-bond donors (Lipinski definition) is 0. The van der Waals surface area contributed by atoms with Gasteiger partial charge < -0.3 is 14.5 Å². The molecule has 2 atom stereocenters. The Balaban J connectivity index is 1.67. The minimum atomic E-state index is -0.642. The number of benzene rings is 2. The molecule has 4 rings (SSSR count). The summed E-state index contributed by atoms with van der Waals surface area (Å²) in [7, 11) is 1.81. The third-order valence-corrected chi connectivity index (χ3v) is 7.07. The van der Waals surface area contributed by atoms with Crippen LogP contribution in [0.15, 0.2) is 54.6 Å². The summed E-state index contributed by atoms with van der Waals surface area (Å²) in [6.45, 7) is 3.33. The van der Waals surface area contributed by atoms with Crippen molar-refractivity contribution >= 4 is 11.8 Å². The van der Waals surface area contributed by atoms with Gasteiger partial charge in [-0.2, -0.15) is 0 Å². The summed E-state index contributed by atoms with van der Waals surface area (Å²) in [4.78, 5) is 31.3. The van der Waals surface area contributed by atoms with Crippen LogP contribution in [0.4, 0.5) is 0 Å². The minimum Gasteiger partial charge on any atom is -0.358 e. The van der Waals surface area contributed by atoms with E-state index in [9.17, 15) is 9.59 Å². The SMILES string of the molecule is Cc1ccc(C(C(=O)N(C)C2CCCO2)N(CC2CCCC2)C(=O)Cc2ccccc2)cc1. The molecule has 1 aliphatic carbocycles. The van der Waals surface area contributed by atoms with Crippen molar-refractivity contribution in [3.05, 3.63) is 71.3 Å². The van der Waals surface area contributed by atoms with E-state index in [1.165, 1.54) is 12.8 Å². The van der Waals surface area contributed by atoms with Crippen molar-refractivity contribution < 1.29 is 14.3 Å². The van der Waals surface area contributed by atoms with E-state index in [4.69, 9.17) is 4.74 Å². The molecular weight excluding hydrogens is 412 g/mol.